The predicted octanol–water partition coefficient (Wildman–Crippen LogP) is 2.25. The van der Waals surface area contributed by atoms with E-state index in [-0.39, 0.29) is 6.04 Å². The van der Waals surface area contributed by atoms with E-state index in [1.807, 2.05) is 13.8 Å². The van der Waals surface area contributed by atoms with Gasteiger partial charge in [-0.2, -0.15) is 19.6 Å². The molecule has 98 valence electrons. The quantitative estimate of drug-likeness (QED) is 0.740. The Morgan fingerprint density at radius 2 is 2.26 bits per heavy atom. The molecule has 19 heavy (non-hydrogen) atoms. The number of oxazole rings is 1. The van der Waals surface area contributed by atoms with Crippen LogP contribution in [0.3, 0.4) is 0 Å². The number of nitrogens with zero attached hydrogens (tertiary/aromatic N) is 5. The minimum atomic E-state index is -0.125. The lowest BCUT2D eigenvalue weighted by atomic mass is 10.3. The second-order valence-electron chi connectivity index (χ2n) is 4.11. The third-order valence-electron chi connectivity index (χ3n) is 2.59. The Morgan fingerprint density at radius 1 is 1.42 bits per heavy atom. The van der Waals surface area contributed by atoms with Gasteiger partial charge in [-0.3, -0.25) is 0 Å². The number of hydrogen-bond donors (Lipinski definition) is 1. The molecule has 0 radical (unpaired) electrons. The first-order valence-corrected chi connectivity index (χ1v) is 6.06. The number of rotatable bonds is 3. The molecule has 0 spiro atoms. The van der Waals surface area contributed by atoms with Gasteiger partial charge in [0.1, 0.15) is 29.1 Å². The van der Waals surface area contributed by atoms with Crippen LogP contribution >= 0.6 is 11.6 Å². The Balaban J connectivity index is 1.94. The first-order valence-electron chi connectivity index (χ1n) is 5.68. The molecule has 3 aromatic heterocycles. The second kappa shape index (κ2) is 4.51. The fourth-order valence-corrected chi connectivity index (χ4v) is 1.92. The SMILES string of the molecule is Cc1cnc(C(C)Nc2cc(Cl)nc3ncnn23)o1. The fourth-order valence-electron chi connectivity index (χ4n) is 1.74. The first-order chi connectivity index (χ1) is 9.13. The molecular formula is C11H11ClN6O. The molecule has 0 aliphatic rings. The third-order valence-corrected chi connectivity index (χ3v) is 2.79. The minimum absolute atomic E-state index is 0.125. The molecule has 0 aromatic carbocycles. The predicted molar refractivity (Wildman–Crippen MR) is 69.1 cm³/mol. The highest BCUT2D eigenvalue weighted by Crippen LogP contribution is 2.21. The van der Waals surface area contributed by atoms with Gasteiger partial charge in [0.2, 0.25) is 5.89 Å². The molecule has 0 saturated carbocycles. The summed E-state index contributed by atoms with van der Waals surface area (Å²) < 4.78 is 7.04. The van der Waals surface area contributed by atoms with E-state index < -0.39 is 0 Å². The van der Waals surface area contributed by atoms with E-state index in [4.69, 9.17) is 16.0 Å². The summed E-state index contributed by atoms with van der Waals surface area (Å²) in [5.41, 5.74) is 0. The van der Waals surface area contributed by atoms with Gasteiger partial charge in [0.25, 0.3) is 5.78 Å². The van der Waals surface area contributed by atoms with Gasteiger partial charge in [0.05, 0.1) is 6.20 Å². The summed E-state index contributed by atoms with van der Waals surface area (Å²) in [6.07, 6.45) is 3.10. The van der Waals surface area contributed by atoms with Crippen LogP contribution in [-0.4, -0.2) is 24.6 Å². The molecule has 0 saturated heterocycles. The van der Waals surface area contributed by atoms with Crippen molar-refractivity contribution >= 4 is 23.2 Å². The average molecular weight is 279 g/mol. The van der Waals surface area contributed by atoms with E-state index in [1.54, 1.807) is 16.8 Å². The molecule has 1 unspecified atom stereocenters. The largest absolute Gasteiger partial charge is 0.444 e. The van der Waals surface area contributed by atoms with Gasteiger partial charge in [0, 0.05) is 6.07 Å². The van der Waals surface area contributed by atoms with Gasteiger partial charge >= 0.3 is 0 Å². The summed E-state index contributed by atoms with van der Waals surface area (Å²) in [5.74, 6) is 2.47. The smallest absolute Gasteiger partial charge is 0.255 e. The average Bonchev–Trinajstić information content (AvgIpc) is 2.97. The summed E-state index contributed by atoms with van der Waals surface area (Å²) in [4.78, 5) is 12.2. The summed E-state index contributed by atoms with van der Waals surface area (Å²) in [7, 11) is 0. The van der Waals surface area contributed by atoms with Crippen LogP contribution < -0.4 is 5.32 Å². The molecule has 0 aliphatic carbocycles. The van der Waals surface area contributed by atoms with Crippen LogP contribution in [0.1, 0.15) is 24.6 Å². The molecule has 0 amide bonds. The standard InChI is InChI=1S/C11H11ClN6O/c1-6-4-13-10(19-6)7(2)16-9-3-8(12)17-11-14-5-15-18(9)11/h3-5,7,16H,1-2H3. The summed E-state index contributed by atoms with van der Waals surface area (Å²) >= 11 is 5.94. The lowest BCUT2D eigenvalue weighted by Gasteiger charge is -2.12. The van der Waals surface area contributed by atoms with E-state index >= 15 is 0 Å². The Hall–Kier alpha value is -2.15. The number of nitrogens with one attached hydrogen (secondary N) is 1. The van der Waals surface area contributed by atoms with Crippen LogP contribution in [0.4, 0.5) is 5.82 Å². The van der Waals surface area contributed by atoms with Crippen LogP contribution in [-0.2, 0) is 0 Å². The Kier molecular flexibility index (Phi) is 2.83. The van der Waals surface area contributed by atoms with Crippen molar-refractivity contribution in [3.05, 3.63) is 35.4 Å². The van der Waals surface area contributed by atoms with Crippen molar-refractivity contribution in [2.24, 2.45) is 0 Å². The molecule has 0 fully saturated rings. The van der Waals surface area contributed by atoms with Crippen molar-refractivity contribution in [1.29, 1.82) is 0 Å². The number of aryl methyl sites for hydroxylation is 1. The molecule has 0 aliphatic heterocycles. The highest BCUT2D eigenvalue weighted by Gasteiger charge is 2.14. The molecule has 3 rings (SSSR count). The van der Waals surface area contributed by atoms with Crippen molar-refractivity contribution < 1.29 is 4.42 Å². The topological polar surface area (TPSA) is 81.1 Å². The molecule has 0 bridgehead atoms. The molecule has 7 nitrogen and oxygen atoms in total. The maximum absolute atomic E-state index is 5.94. The number of fused-ring (bicyclic) bond motifs is 1. The first kappa shape index (κ1) is 11.9. The lowest BCUT2D eigenvalue weighted by Crippen LogP contribution is -2.11. The summed E-state index contributed by atoms with van der Waals surface area (Å²) in [6, 6.07) is 1.55. The van der Waals surface area contributed by atoms with Gasteiger partial charge in [-0.25, -0.2) is 4.98 Å². The molecule has 1 N–H and O–H groups in total. The minimum Gasteiger partial charge on any atom is -0.444 e. The van der Waals surface area contributed by atoms with E-state index in [0.29, 0.717) is 22.6 Å². The molecule has 8 heteroatoms. The maximum Gasteiger partial charge on any atom is 0.255 e. The van der Waals surface area contributed by atoms with Gasteiger partial charge < -0.3 is 9.73 Å². The lowest BCUT2D eigenvalue weighted by molar-refractivity contribution is 0.453. The second-order valence-corrected chi connectivity index (χ2v) is 4.50. The van der Waals surface area contributed by atoms with E-state index in [0.717, 1.165) is 5.76 Å². The number of aromatic nitrogens is 5. The van der Waals surface area contributed by atoms with Crippen molar-refractivity contribution in [1.82, 2.24) is 24.6 Å². The van der Waals surface area contributed by atoms with Crippen LogP contribution in [0.2, 0.25) is 5.15 Å². The van der Waals surface area contributed by atoms with Gasteiger partial charge in [-0.05, 0) is 13.8 Å². The number of anilines is 1. The van der Waals surface area contributed by atoms with Gasteiger partial charge in [-0.15, -0.1) is 0 Å². The highest BCUT2D eigenvalue weighted by atomic mass is 35.5. The Bertz CT molecular complexity index is 721. The van der Waals surface area contributed by atoms with Crippen molar-refractivity contribution in [3.63, 3.8) is 0 Å². The Morgan fingerprint density at radius 3 is 3.00 bits per heavy atom. The van der Waals surface area contributed by atoms with Crippen LogP contribution in [0.5, 0.6) is 0 Å². The third kappa shape index (κ3) is 2.24. The molecule has 1 atom stereocenters. The monoisotopic (exact) mass is 278 g/mol. The van der Waals surface area contributed by atoms with Gasteiger partial charge in [-0.1, -0.05) is 11.6 Å². The number of halogens is 1. The molecule has 3 aromatic rings. The van der Waals surface area contributed by atoms with Gasteiger partial charge in [0.15, 0.2) is 0 Å². The van der Waals surface area contributed by atoms with Crippen molar-refractivity contribution in [2.75, 3.05) is 5.32 Å². The Labute approximate surface area is 113 Å². The van der Waals surface area contributed by atoms with E-state index in [1.165, 1.54) is 6.33 Å². The van der Waals surface area contributed by atoms with Crippen LogP contribution in [0.15, 0.2) is 23.0 Å². The molecular weight excluding hydrogens is 268 g/mol. The number of hydrogen-bond acceptors (Lipinski definition) is 6. The highest BCUT2D eigenvalue weighted by molar-refractivity contribution is 6.29. The van der Waals surface area contributed by atoms with Crippen LogP contribution in [0, 0.1) is 6.92 Å². The zero-order valence-corrected chi connectivity index (χ0v) is 11.1. The normalized spacial score (nSPS) is 12.8. The zero-order valence-electron chi connectivity index (χ0n) is 10.3. The van der Waals surface area contributed by atoms with Crippen molar-refractivity contribution in [3.8, 4) is 0 Å². The van der Waals surface area contributed by atoms with E-state index in [2.05, 4.69) is 25.4 Å². The van der Waals surface area contributed by atoms with Crippen LogP contribution in [0.25, 0.3) is 5.78 Å². The van der Waals surface area contributed by atoms with Crippen molar-refractivity contribution in [2.45, 2.75) is 19.9 Å². The zero-order chi connectivity index (χ0) is 13.4. The maximum atomic E-state index is 5.94. The molecule has 3 heterocycles. The fraction of sp³-hybridized carbons (Fsp3) is 0.273. The summed E-state index contributed by atoms with van der Waals surface area (Å²) in [6.45, 7) is 3.78. The van der Waals surface area contributed by atoms with E-state index in [9.17, 15) is 0 Å². The summed E-state index contributed by atoms with van der Waals surface area (Å²) in [5, 5.41) is 7.65.